The number of fused-ring (bicyclic) bond motifs is 1. The van der Waals surface area contributed by atoms with Crippen LogP contribution in [0.1, 0.15) is 163 Å². The summed E-state index contributed by atoms with van der Waals surface area (Å²) in [4.78, 5) is 39.9. The number of primary amides is 1. The van der Waals surface area contributed by atoms with E-state index in [0.717, 1.165) is 72.1 Å². The number of nitrogens with two attached hydrogens (primary N) is 2. The molecule has 2 atom stereocenters. The molecule has 67 heavy (non-hydrogen) atoms. The molecule has 0 aliphatic heterocycles. The second kappa shape index (κ2) is 51.8. The van der Waals surface area contributed by atoms with Gasteiger partial charge in [0, 0.05) is 51.1 Å². The van der Waals surface area contributed by atoms with Gasteiger partial charge in [-0.3, -0.25) is 9.59 Å². The summed E-state index contributed by atoms with van der Waals surface area (Å²) in [6.07, 6.45) is 8.73. The number of Topliss-reactive ketones (excluding diaryl/α,β-unsaturated/α-hetero) is 1. The van der Waals surface area contributed by atoms with E-state index in [1.54, 1.807) is 14.0 Å². The fourth-order valence-corrected chi connectivity index (χ4v) is 4.31. The topological polar surface area (TPSA) is 177 Å². The van der Waals surface area contributed by atoms with Gasteiger partial charge in [-0.1, -0.05) is 155 Å². The highest BCUT2D eigenvalue weighted by Crippen LogP contribution is 2.27. The molecule has 11 nitrogen and oxygen atoms in total. The molecule has 384 valence electrons. The van der Waals surface area contributed by atoms with Gasteiger partial charge in [0.05, 0.1) is 23.5 Å². The Balaban J connectivity index is -0.000000181. The first-order chi connectivity index (χ1) is 31.9. The standard InChI is InChI=1S/C22H22O2.C7H11NO.C7H13NO.C5H12O.C5H12.C4H8O.2C2H6.CH3NO.CH5N/c1-2-17(14-18-8-4-3-5-9-18)16-24-22-13-12-19-10-6-7-11-20(19)21(22)15-23;1-3-4-7-5-6(2)8-9-7;1-6(4-5-9)7(2)8-3;1-5(2,3)6-4;1-4-5(2)3;1-3-4(2)5;2*1-2;2-1-3;1-2/h3-13,15,17H,2,14,16H2,1H3;5H,3-4H2,1-2H3;5-6,8H,2,4H2,1,3H3;1-4H3;5H,4H2,1-3H3;3H2,1-2H3;2*1-2H3;1H,(H2,2,3);2H2,1H3/t;;6-;;;;;;;/m..1......./s1. The Hall–Kier alpha value is -5.13. The zero-order valence-electron chi connectivity index (χ0n) is 45.7. The third kappa shape index (κ3) is 45.8. The predicted octanol–water partition coefficient (Wildman–Crippen LogP) is 13.4. The number of rotatable bonds is 15. The molecule has 0 radical (unpaired) electrons. The van der Waals surface area contributed by atoms with Crippen molar-refractivity contribution >= 4 is 35.5 Å². The first kappa shape index (κ1) is 73.4. The third-order valence-corrected chi connectivity index (χ3v) is 8.93. The highest BCUT2D eigenvalue weighted by atomic mass is 16.5. The number of carbonyl (C=O) groups is 4. The Labute approximate surface area is 409 Å². The van der Waals surface area contributed by atoms with Gasteiger partial charge in [-0.25, -0.2) is 0 Å². The summed E-state index contributed by atoms with van der Waals surface area (Å²) in [5.41, 5.74) is 12.6. The lowest BCUT2D eigenvalue weighted by atomic mass is 9.98. The normalized spacial score (nSPS) is 10.1. The van der Waals surface area contributed by atoms with E-state index < -0.39 is 0 Å². The van der Waals surface area contributed by atoms with Crippen LogP contribution in [0.3, 0.4) is 0 Å². The highest BCUT2D eigenvalue weighted by Gasteiger charge is 2.12. The zero-order chi connectivity index (χ0) is 53.2. The number of ketones is 1. The molecule has 11 heteroatoms. The Morgan fingerprint density at radius 3 is 1.75 bits per heavy atom. The van der Waals surface area contributed by atoms with E-state index in [1.807, 2.05) is 125 Å². The maximum absolute atomic E-state index is 11.6. The van der Waals surface area contributed by atoms with E-state index in [-0.39, 0.29) is 23.7 Å². The van der Waals surface area contributed by atoms with Gasteiger partial charge in [0.2, 0.25) is 6.41 Å². The average molecular weight is 939 g/mol. The number of benzene rings is 3. The Morgan fingerprint density at radius 2 is 1.37 bits per heavy atom. The molecule has 0 aliphatic carbocycles. The lowest BCUT2D eigenvalue weighted by Crippen LogP contribution is -2.15. The van der Waals surface area contributed by atoms with Gasteiger partial charge < -0.3 is 40.4 Å². The molecule has 0 fully saturated rings. The maximum atomic E-state index is 11.6. The van der Waals surface area contributed by atoms with Crippen molar-refractivity contribution in [3.63, 3.8) is 0 Å². The summed E-state index contributed by atoms with van der Waals surface area (Å²) >= 11 is 0. The first-order valence-electron chi connectivity index (χ1n) is 24.0. The lowest BCUT2D eigenvalue weighted by Gasteiger charge is -2.17. The molecule has 3 aromatic carbocycles. The number of amides is 1. The van der Waals surface area contributed by atoms with Crippen molar-refractivity contribution in [2.75, 3.05) is 27.8 Å². The molecular formula is C56H98N4O7. The maximum Gasteiger partial charge on any atom is 0.204 e. The number of nitrogens with one attached hydrogen (secondary N) is 1. The summed E-state index contributed by atoms with van der Waals surface area (Å²) in [7, 11) is 5.02. The molecule has 1 amide bonds. The molecule has 4 rings (SSSR count). The molecule has 5 N–H and O–H groups in total. The van der Waals surface area contributed by atoms with Crippen molar-refractivity contribution in [1.82, 2.24) is 10.5 Å². The van der Waals surface area contributed by atoms with Crippen LogP contribution >= 0.6 is 0 Å². The van der Waals surface area contributed by atoms with Gasteiger partial charge in [-0.05, 0) is 95.2 Å². The fraction of sp³-hybridized carbons (Fsp3) is 0.554. The molecule has 0 bridgehead atoms. The van der Waals surface area contributed by atoms with Gasteiger partial charge in [-0.15, -0.1) is 0 Å². The molecule has 4 aromatic rings. The van der Waals surface area contributed by atoms with Crippen LogP contribution < -0.4 is 21.5 Å². The summed E-state index contributed by atoms with van der Waals surface area (Å²) in [5.74, 6) is 3.50. The van der Waals surface area contributed by atoms with Crippen LogP contribution in [0.15, 0.2) is 89.6 Å². The van der Waals surface area contributed by atoms with Crippen LogP contribution in [-0.4, -0.2) is 63.3 Å². The van der Waals surface area contributed by atoms with Crippen molar-refractivity contribution in [1.29, 1.82) is 0 Å². The van der Waals surface area contributed by atoms with Crippen LogP contribution in [0.4, 0.5) is 0 Å². The molecule has 0 spiro atoms. The van der Waals surface area contributed by atoms with Crippen LogP contribution in [0, 0.1) is 24.7 Å². The van der Waals surface area contributed by atoms with Crippen LogP contribution in [0.25, 0.3) is 10.8 Å². The molecule has 0 saturated carbocycles. The summed E-state index contributed by atoms with van der Waals surface area (Å²) in [6.45, 7) is 36.7. The molecule has 0 saturated heterocycles. The lowest BCUT2D eigenvalue weighted by molar-refractivity contribution is -0.116. The van der Waals surface area contributed by atoms with E-state index in [9.17, 15) is 14.4 Å². The molecule has 1 heterocycles. The number of hydrogen-bond donors (Lipinski definition) is 3. The van der Waals surface area contributed by atoms with Crippen molar-refractivity contribution < 1.29 is 33.2 Å². The summed E-state index contributed by atoms with van der Waals surface area (Å²) < 4.78 is 15.9. The van der Waals surface area contributed by atoms with Crippen LogP contribution in [0.5, 0.6) is 5.75 Å². The average Bonchev–Trinajstić information content (AvgIpc) is 3.77. The number of allylic oxidation sites excluding steroid dienone is 1. The Morgan fingerprint density at radius 1 is 0.881 bits per heavy atom. The Kier molecular flexibility index (Phi) is 56.8. The smallest absolute Gasteiger partial charge is 0.204 e. The van der Waals surface area contributed by atoms with Crippen molar-refractivity contribution in [3.8, 4) is 5.75 Å². The third-order valence-electron chi connectivity index (χ3n) is 8.93. The monoisotopic (exact) mass is 939 g/mol. The molecule has 1 unspecified atom stereocenters. The quantitative estimate of drug-likeness (QED) is 0.0972. The number of ether oxygens (including phenoxy) is 2. The van der Waals surface area contributed by atoms with Crippen LogP contribution in [0.2, 0.25) is 0 Å². The summed E-state index contributed by atoms with van der Waals surface area (Å²) in [6, 6.07) is 24.3. The number of aldehydes is 2. The minimum absolute atomic E-state index is 0.0417. The molecule has 1 aromatic heterocycles. The van der Waals surface area contributed by atoms with E-state index in [0.29, 0.717) is 36.7 Å². The molecule has 0 aliphatic rings. The number of nitrogens with zero attached hydrogens (tertiary/aromatic N) is 1. The SMILES string of the molecule is C=C(NC)[C@H](C)CC=O.CC.CC.CCC(C)=O.CCC(C)C.CCC(COc1ccc2ccccc2c1C=O)Cc1ccccc1.CCCc1cc(C)no1.CN.COC(C)(C)C.NC=O. The van der Waals surface area contributed by atoms with E-state index in [1.165, 1.54) is 19.0 Å². The van der Waals surface area contributed by atoms with Gasteiger partial charge in [0.15, 0.2) is 6.29 Å². The Bertz CT molecular complexity index is 1720. The first-order valence-corrected chi connectivity index (χ1v) is 24.0. The van der Waals surface area contributed by atoms with E-state index >= 15 is 0 Å². The van der Waals surface area contributed by atoms with Crippen molar-refractivity contribution in [2.45, 2.75) is 161 Å². The number of hydrogen-bond acceptors (Lipinski definition) is 10. The zero-order valence-corrected chi connectivity index (χ0v) is 45.7. The van der Waals surface area contributed by atoms with Gasteiger partial charge >= 0.3 is 0 Å². The number of aromatic nitrogens is 1. The highest BCUT2D eigenvalue weighted by molar-refractivity contribution is 6.00. The fourth-order valence-electron chi connectivity index (χ4n) is 4.31. The number of carbonyl (C=O) groups excluding carboxylic acids is 4. The molecular weight excluding hydrogens is 841 g/mol. The predicted molar refractivity (Wildman–Crippen MR) is 288 cm³/mol. The summed E-state index contributed by atoms with van der Waals surface area (Å²) in [5, 5.41) is 8.66. The number of aryl methyl sites for hydroxylation is 2. The van der Waals surface area contributed by atoms with Gasteiger partial charge in [-0.2, -0.15) is 0 Å². The van der Waals surface area contributed by atoms with Gasteiger partial charge in [0.25, 0.3) is 0 Å². The largest absolute Gasteiger partial charge is 0.493 e. The number of methoxy groups -OCH3 is 1. The van der Waals surface area contributed by atoms with Crippen molar-refractivity contribution in [2.24, 2.45) is 29.2 Å². The van der Waals surface area contributed by atoms with Gasteiger partial charge in [0.1, 0.15) is 23.6 Å². The van der Waals surface area contributed by atoms with Crippen molar-refractivity contribution in [3.05, 3.63) is 108 Å². The van der Waals surface area contributed by atoms with E-state index in [4.69, 9.17) is 18.8 Å². The minimum Gasteiger partial charge on any atom is -0.493 e. The van der Waals surface area contributed by atoms with E-state index in [2.05, 4.69) is 87.4 Å². The van der Waals surface area contributed by atoms with Crippen LogP contribution in [-0.2, 0) is 32.0 Å². The second-order valence-corrected chi connectivity index (χ2v) is 15.7. The minimum atomic E-state index is 0.0417. The second-order valence-electron chi connectivity index (χ2n) is 15.7.